The van der Waals surface area contributed by atoms with E-state index in [1.807, 2.05) is 6.08 Å². The van der Waals surface area contributed by atoms with Crippen LogP contribution in [0.25, 0.3) is 0 Å². The second-order valence-electron chi connectivity index (χ2n) is 9.73. The molecule has 0 aromatic heterocycles. The van der Waals surface area contributed by atoms with Crippen molar-refractivity contribution >= 4 is 23.3 Å². The van der Waals surface area contributed by atoms with Crippen LogP contribution in [0.3, 0.4) is 0 Å². The molecular weight excluding hydrogens is 340 g/mol. The van der Waals surface area contributed by atoms with Crippen molar-refractivity contribution in [1.82, 2.24) is 0 Å². The molecule has 0 radical (unpaired) electrons. The Bertz CT molecular complexity index is 638. The number of carbonyl (C=O) groups excluding carboxylic acids is 2. The first kappa shape index (κ1) is 18.8. The fourth-order valence-corrected chi connectivity index (χ4v) is 8.48. The molecule has 4 aliphatic rings. The Morgan fingerprint density at radius 1 is 1.08 bits per heavy atom. The molecule has 144 valence electrons. The first-order valence-corrected chi connectivity index (χ1v) is 11.8. The third-order valence-electron chi connectivity index (χ3n) is 8.50. The number of hydrogen-bond donors (Lipinski definition) is 0. The van der Waals surface area contributed by atoms with Gasteiger partial charge in [-0.25, -0.2) is 0 Å². The Kier molecular flexibility index (Phi) is 4.91. The number of allylic oxidation sites excluding steroid dienone is 1. The molecule has 0 unspecified atom stereocenters. The van der Waals surface area contributed by atoms with Crippen LogP contribution in [0.2, 0.25) is 0 Å². The van der Waals surface area contributed by atoms with Gasteiger partial charge in [-0.3, -0.25) is 9.59 Å². The lowest BCUT2D eigenvalue weighted by molar-refractivity contribution is -0.132. The fourth-order valence-electron chi connectivity index (χ4n) is 6.82. The summed E-state index contributed by atoms with van der Waals surface area (Å²) in [5.74, 6) is 3.99. The Labute approximate surface area is 163 Å². The molecule has 2 nitrogen and oxygen atoms in total. The van der Waals surface area contributed by atoms with Gasteiger partial charge in [0.1, 0.15) is 5.78 Å². The van der Waals surface area contributed by atoms with Crippen molar-refractivity contribution in [3.8, 4) is 0 Å². The van der Waals surface area contributed by atoms with Gasteiger partial charge < -0.3 is 0 Å². The van der Waals surface area contributed by atoms with E-state index in [-0.39, 0.29) is 10.8 Å². The molecule has 3 saturated carbocycles. The van der Waals surface area contributed by atoms with Gasteiger partial charge in [0, 0.05) is 23.5 Å². The van der Waals surface area contributed by atoms with Crippen LogP contribution < -0.4 is 0 Å². The van der Waals surface area contributed by atoms with Crippen LogP contribution in [-0.4, -0.2) is 22.6 Å². The molecule has 0 heterocycles. The third kappa shape index (κ3) is 2.75. The molecular formula is C23H34O2S. The van der Waals surface area contributed by atoms with Gasteiger partial charge in [0.25, 0.3) is 0 Å². The molecule has 3 fully saturated rings. The number of carbonyl (C=O) groups is 2. The lowest BCUT2D eigenvalue weighted by Crippen LogP contribution is -2.54. The van der Waals surface area contributed by atoms with Gasteiger partial charge >= 0.3 is 0 Å². The molecule has 6 atom stereocenters. The summed E-state index contributed by atoms with van der Waals surface area (Å²) in [5.41, 5.74) is 1.58. The molecule has 0 saturated heterocycles. The van der Waals surface area contributed by atoms with E-state index in [0.29, 0.717) is 34.6 Å². The molecule has 0 aromatic carbocycles. The van der Waals surface area contributed by atoms with Gasteiger partial charge in [0.15, 0.2) is 5.78 Å². The minimum absolute atomic E-state index is 0.0627. The highest BCUT2D eigenvalue weighted by Gasteiger charge is 2.61. The molecule has 0 amide bonds. The average Bonchev–Trinajstić information content (AvgIpc) is 2.91. The van der Waals surface area contributed by atoms with E-state index >= 15 is 0 Å². The predicted molar refractivity (Wildman–Crippen MR) is 108 cm³/mol. The fraction of sp³-hybridized carbons (Fsp3) is 0.826. The highest BCUT2D eigenvalue weighted by molar-refractivity contribution is 7.99. The molecule has 0 spiro atoms. The summed E-state index contributed by atoms with van der Waals surface area (Å²) < 4.78 is 0. The molecule has 26 heavy (non-hydrogen) atoms. The van der Waals surface area contributed by atoms with Crippen LogP contribution in [0.4, 0.5) is 0 Å². The zero-order valence-corrected chi connectivity index (χ0v) is 17.5. The van der Waals surface area contributed by atoms with Crippen molar-refractivity contribution in [2.75, 3.05) is 5.75 Å². The van der Waals surface area contributed by atoms with E-state index < -0.39 is 0 Å². The van der Waals surface area contributed by atoms with Crippen molar-refractivity contribution in [3.05, 3.63) is 11.6 Å². The number of Topliss-reactive ketones (excluding diaryl/α,β-unsaturated/α-hetero) is 1. The standard InChI is InChI=1S/C23H34O2S/c1-4-5-12-26-19-14-15-13-16(24)8-10-22(15,2)18-9-11-23(3)17(21(18)19)6-7-20(23)25/h13,17-19,21H,4-12,14H2,1-3H3/t17-,18-,19+,21-,22-,23-/m0/s1. The quantitative estimate of drug-likeness (QED) is 0.601. The summed E-state index contributed by atoms with van der Waals surface area (Å²) in [4.78, 5) is 24.9. The van der Waals surface area contributed by atoms with Crippen molar-refractivity contribution in [2.24, 2.45) is 28.6 Å². The lowest BCUT2D eigenvalue weighted by atomic mass is 9.47. The molecule has 4 rings (SSSR count). The van der Waals surface area contributed by atoms with E-state index in [1.165, 1.54) is 30.6 Å². The number of rotatable bonds is 4. The second kappa shape index (κ2) is 6.79. The second-order valence-corrected chi connectivity index (χ2v) is 11.1. The van der Waals surface area contributed by atoms with E-state index in [9.17, 15) is 9.59 Å². The zero-order chi connectivity index (χ0) is 18.5. The molecule has 3 heteroatoms. The van der Waals surface area contributed by atoms with Gasteiger partial charge in [-0.1, -0.05) is 32.8 Å². The minimum Gasteiger partial charge on any atom is -0.299 e. The molecule has 0 aliphatic heterocycles. The van der Waals surface area contributed by atoms with E-state index in [0.717, 1.165) is 38.5 Å². The summed E-state index contributed by atoms with van der Waals surface area (Å²) >= 11 is 2.15. The Morgan fingerprint density at radius 3 is 2.62 bits per heavy atom. The zero-order valence-electron chi connectivity index (χ0n) is 16.7. The van der Waals surface area contributed by atoms with Gasteiger partial charge in [-0.15, -0.1) is 0 Å². The summed E-state index contributed by atoms with van der Waals surface area (Å²) in [7, 11) is 0. The van der Waals surface area contributed by atoms with E-state index in [4.69, 9.17) is 0 Å². The Morgan fingerprint density at radius 2 is 1.85 bits per heavy atom. The first-order chi connectivity index (χ1) is 12.4. The van der Waals surface area contributed by atoms with Crippen molar-refractivity contribution in [1.29, 1.82) is 0 Å². The van der Waals surface area contributed by atoms with Gasteiger partial charge in [-0.05, 0) is 73.5 Å². The number of hydrogen-bond acceptors (Lipinski definition) is 3. The van der Waals surface area contributed by atoms with E-state index in [1.54, 1.807) is 0 Å². The predicted octanol–water partition coefficient (Wildman–Crippen LogP) is 5.60. The largest absolute Gasteiger partial charge is 0.299 e. The van der Waals surface area contributed by atoms with Crippen molar-refractivity contribution in [2.45, 2.75) is 83.8 Å². The maximum Gasteiger partial charge on any atom is 0.155 e. The smallest absolute Gasteiger partial charge is 0.155 e. The van der Waals surface area contributed by atoms with Gasteiger partial charge in [0.2, 0.25) is 0 Å². The minimum atomic E-state index is -0.0627. The number of fused-ring (bicyclic) bond motifs is 5. The first-order valence-electron chi connectivity index (χ1n) is 10.8. The SMILES string of the molecule is CCCCS[C@@H]1CC2=CC(=O)CC[C@]2(C)[C@H]2CC[C@]3(C)C(=O)CC[C@H]3[C@H]12. The highest BCUT2D eigenvalue weighted by Crippen LogP contribution is 2.65. The third-order valence-corrected chi connectivity index (χ3v) is 9.93. The van der Waals surface area contributed by atoms with Crippen molar-refractivity contribution < 1.29 is 9.59 Å². The number of thioether (sulfide) groups is 1. The Hall–Kier alpha value is -0.570. The summed E-state index contributed by atoms with van der Waals surface area (Å²) in [6, 6.07) is 0. The normalized spacial score (nSPS) is 45.0. The lowest BCUT2D eigenvalue weighted by Gasteiger charge is -2.59. The van der Waals surface area contributed by atoms with Crippen LogP contribution >= 0.6 is 11.8 Å². The topological polar surface area (TPSA) is 34.1 Å². The maximum absolute atomic E-state index is 12.7. The van der Waals surface area contributed by atoms with Crippen LogP contribution in [0.5, 0.6) is 0 Å². The molecule has 4 aliphatic carbocycles. The Balaban J connectivity index is 1.70. The highest BCUT2D eigenvalue weighted by atomic mass is 32.2. The number of unbranched alkanes of at least 4 members (excludes halogenated alkanes) is 1. The van der Waals surface area contributed by atoms with Crippen molar-refractivity contribution in [3.63, 3.8) is 0 Å². The van der Waals surface area contributed by atoms with Gasteiger partial charge in [0.05, 0.1) is 0 Å². The van der Waals surface area contributed by atoms with Crippen LogP contribution in [-0.2, 0) is 9.59 Å². The summed E-state index contributed by atoms with van der Waals surface area (Å²) in [6.45, 7) is 6.97. The van der Waals surface area contributed by atoms with Crippen LogP contribution in [0, 0.1) is 28.6 Å². The molecule has 0 N–H and O–H groups in total. The maximum atomic E-state index is 12.7. The molecule has 0 aromatic rings. The number of ketones is 2. The van der Waals surface area contributed by atoms with Crippen LogP contribution in [0.1, 0.15) is 78.6 Å². The summed E-state index contributed by atoms with van der Waals surface area (Å²) in [6.07, 6.45) is 11.5. The van der Waals surface area contributed by atoms with E-state index in [2.05, 4.69) is 32.5 Å². The average molecular weight is 375 g/mol. The summed E-state index contributed by atoms with van der Waals surface area (Å²) in [5, 5.41) is 0.604. The van der Waals surface area contributed by atoms with Gasteiger partial charge in [-0.2, -0.15) is 11.8 Å². The van der Waals surface area contributed by atoms with Crippen LogP contribution in [0.15, 0.2) is 11.6 Å². The monoisotopic (exact) mass is 374 g/mol. The molecule has 0 bridgehead atoms.